The molecule has 0 atom stereocenters. The van der Waals surface area contributed by atoms with Crippen molar-refractivity contribution in [1.29, 1.82) is 0 Å². The number of hydrogen-bond donors (Lipinski definition) is 0. The Bertz CT molecular complexity index is 660. The Kier molecular flexibility index (Phi) is 4.32. The van der Waals surface area contributed by atoms with Gasteiger partial charge in [-0.3, -0.25) is 0 Å². The molecule has 3 rings (SSSR count). The molecule has 0 spiro atoms. The third kappa shape index (κ3) is 3.08. The molecule has 1 aliphatic heterocycles. The molecule has 1 saturated heterocycles. The maximum atomic E-state index is 5.44. The van der Waals surface area contributed by atoms with Crippen LogP contribution in [-0.4, -0.2) is 25.2 Å². The largest absolute Gasteiger partial charge is 0.481 e. The highest BCUT2D eigenvalue weighted by molar-refractivity contribution is 5.71. The predicted molar refractivity (Wildman–Crippen MR) is 91.8 cm³/mol. The van der Waals surface area contributed by atoms with Gasteiger partial charge in [0.25, 0.3) is 0 Å². The molecule has 0 aliphatic carbocycles. The van der Waals surface area contributed by atoms with E-state index < -0.39 is 0 Å². The highest BCUT2D eigenvalue weighted by Gasteiger charge is 2.15. The number of pyridine rings is 1. The third-order valence-electron chi connectivity index (χ3n) is 4.38. The summed E-state index contributed by atoms with van der Waals surface area (Å²) in [6, 6.07) is 10.8. The highest BCUT2D eigenvalue weighted by Crippen LogP contribution is 2.31. The number of aryl methyl sites for hydroxylation is 2. The molecule has 0 bridgehead atoms. The zero-order valence-electron chi connectivity index (χ0n) is 13.7. The number of anilines is 1. The Morgan fingerprint density at radius 3 is 2.50 bits per heavy atom. The second-order valence-corrected chi connectivity index (χ2v) is 6.12. The number of methoxy groups -OCH3 is 1. The van der Waals surface area contributed by atoms with E-state index >= 15 is 0 Å². The van der Waals surface area contributed by atoms with Gasteiger partial charge in [-0.25, -0.2) is 0 Å². The number of benzene rings is 1. The second kappa shape index (κ2) is 6.39. The van der Waals surface area contributed by atoms with Crippen LogP contribution in [0.1, 0.15) is 30.4 Å². The molecular weight excluding hydrogens is 272 g/mol. The van der Waals surface area contributed by atoms with E-state index in [0.717, 1.165) is 18.9 Å². The lowest BCUT2D eigenvalue weighted by molar-refractivity contribution is 0.397. The monoisotopic (exact) mass is 296 g/mol. The first kappa shape index (κ1) is 14.9. The van der Waals surface area contributed by atoms with E-state index in [0.29, 0.717) is 5.88 Å². The summed E-state index contributed by atoms with van der Waals surface area (Å²) >= 11 is 0. The summed E-state index contributed by atoms with van der Waals surface area (Å²) in [4.78, 5) is 7.03. The summed E-state index contributed by atoms with van der Waals surface area (Å²) in [7, 11) is 1.69. The zero-order valence-corrected chi connectivity index (χ0v) is 13.7. The fourth-order valence-electron chi connectivity index (χ4n) is 3.08. The van der Waals surface area contributed by atoms with Crippen LogP contribution in [0.15, 0.2) is 30.3 Å². The van der Waals surface area contributed by atoms with Gasteiger partial charge in [-0.15, -0.1) is 0 Å². The van der Waals surface area contributed by atoms with E-state index in [-0.39, 0.29) is 0 Å². The van der Waals surface area contributed by atoms with Crippen molar-refractivity contribution >= 4 is 5.82 Å². The van der Waals surface area contributed by atoms with Gasteiger partial charge >= 0.3 is 0 Å². The molecule has 1 aromatic heterocycles. The molecule has 3 nitrogen and oxygen atoms in total. The van der Waals surface area contributed by atoms with Crippen molar-refractivity contribution in [3.63, 3.8) is 0 Å². The molecule has 0 unspecified atom stereocenters. The minimum Gasteiger partial charge on any atom is -0.481 e. The van der Waals surface area contributed by atoms with Gasteiger partial charge in [0.2, 0.25) is 5.88 Å². The minimum atomic E-state index is 0.693. The number of aromatic nitrogens is 1. The maximum Gasteiger partial charge on any atom is 0.215 e. The number of ether oxygens (including phenoxy) is 1. The molecule has 0 radical (unpaired) electrons. The van der Waals surface area contributed by atoms with E-state index in [1.54, 1.807) is 7.11 Å². The quantitative estimate of drug-likeness (QED) is 0.841. The molecule has 2 aromatic rings. The van der Waals surface area contributed by atoms with E-state index in [2.05, 4.69) is 48.0 Å². The van der Waals surface area contributed by atoms with Gasteiger partial charge < -0.3 is 9.64 Å². The molecule has 116 valence electrons. The van der Waals surface area contributed by atoms with Gasteiger partial charge in [0, 0.05) is 19.2 Å². The third-order valence-corrected chi connectivity index (χ3v) is 4.38. The summed E-state index contributed by atoms with van der Waals surface area (Å²) in [5.41, 5.74) is 5.01. The number of piperidine rings is 1. The Hall–Kier alpha value is -2.03. The van der Waals surface area contributed by atoms with Crippen LogP contribution in [0.3, 0.4) is 0 Å². The van der Waals surface area contributed by atoms with Crippen LogP contribution in [0.5, 0.6) is 5.88 Å². The van der Waals surface area contributed by atoms with E-state index in [9.17, 15) is 0 Å². The molecule has 22 heavy (non-hydrogen) atoms. The predicted octanol–water partition coefficient (Wildman–Crippen LogP) is 4.36. The lowest BCUT2D eigenvalue weighted by Gasteiger charge is -2.28. The molecule has 1 fully saturated rings. The maximum absolute atomic E-state index is 5.44. The van der Waals surface area contributed by atoms with Crippen molar-refractivity contribution in [3.8, 4) is 17.0 Å². The van der Waals surface area contributed by atoms with Crippen LogP contribution in [0.25, 0.3) is 11.1 Å². The van der Waals surface area contributed by atoms with Crippen molar-refractivity contribution in [1.82, 2.24) is 4.98 Å². The van der Waals surface area contributed by atoms with Gasteiger partial charge in [-0.05, 0) is 55.9 Å². The van der Waals surface area contributed by atoms with Gasteiger partial charge in [0.15, 0.2) is 0 Å². The first-order valence-corrected chi connectivity index (χ1v) is 8.06. The van der Waals surface area contributed by atoms with Crippen molar-refractivity contribution in [2.45, 2.75) is 33.1 Å². The van der Waals surface area contributed by atoms with Crippen LogP contribution in [0.4, 0.5) is 5.82 Å². The Balaban J connectivity index is 2.05. The van der Waals surface area contributed by atoms with Crippen molar-refractivity contribution < 1.29 is 4.74 Å². The van der Waals surface area contributed by atoms with Gasteiger partial charge in [-0.2, -0.15) is 4.98 Å². The summed E-state index contributed by atoms with van der Waals surface area (Å²) < 4.78 is 5.44. The Labute approximate surface area is 132 Å². The molecule has 1 aromatic carbocycles. The fraction of sp³-hybridized carbons (Fsp3) is 0.421. The van der Waals surface area contributed by atoms with Crippen LogP contribution in [0.2, 0.25) is 0 Å². The molecule has 1 aliphatic rings. The standard InChI is InChI=1S/C19H24N2O/c1-14-7-8-15(2)17(11-14)16-12-18(20-19(13-16)22-3)21-9-5-4-6-10-21/h7-8,11-13H,4-6,9-10H2,1-3H3. The van der Waals surface area contributed by atoms with Gasteiger partial charge in [-0.1, -0.05) is 23.8 Å². The molecule has 0 amide bonds. The SMILES string of the molecule is COc1cc(-c2cc(C)ccc2C)cc(N2CCCCC2)n1. The molecule has 2 heterocycles. The van der Waals surface area contributed by atoms with Crippen molar-refractivity contribution in [3.05, 3.63) is 41.5 Å². The summed E-state index contributed by atoms with van der Waals surface area (Å²) in [5.74, 6) is 1.73. The van der Waals surface area contributed by atoms with E-state index in [1.165, 1.54) is 41.5 Å². The number of hydrogen-bond acceptors (Lipinski definition) is 3. The van der Waals surface area contributed by atoms with Crippen LogP contribution < -0.4 is 9.64 Å². The van der Waals surface area contributed by atoms with Gasteiger partial charge in [0.05, 0.1) is 7.11 Å². The molecule has 3 heteroatoms. The lowest BCUT2D eigenvalue weighted by atomic mass is 9.99. The van der Waals surface area contributed by atoms with E-state index in [4.69, 9.17) is 4.74 Å². The second-order valence-electron chi connectivity index (χ2n) is 6.12. The minimum absolute atomic E-state index is 0.693. The average molecular weight is 296 g/mol. The van der Waals surface area contributed by atoms with Crippen molar-refractivity contribution in [2.75, 3.05) is 25.1 Å². The normalized spacial score (nSPS) is 15.0. The zero-order chi connectivity index (χ0) is 15.5. The first-order valence-electron chi connectivity index (χ1n) is 8.06. The highest BCUT2D eigenvalue weighted by atomic mass is 16.5. The molecule has 0 saturated carbocycles. The van der Waals surface area contributed by atoms with Gasteiger partial charge in [0.1, 0.15) is 5.82 Å². The van der Waals surface area contributed by atoms with Crippen LogP contribution in [-0.2, 0) is 0 Å². The first-order chi connectivity index (χ1) is 10.7. The van der Waals surface area contributed by atoms with Crippen LogP contribution in [0, 0.1) is 13.8 Å². The Morgan fingerprint density at radius 1 is 1.00 bits per heavy atom. The summed E-state index contributed by atoms with van der Waals surface area (Å²) in [5, 5.41) is 0. The number of nitrogens with zero attached hydrogens (tertiary/aromatic N) is 2. The smallest absolute Gasteiger partial charge is 0.215 e. The summed E-state index contributed by atoms with van der Waals surface area (Å²) in [6.07, 6.45) is 3.82. The van der Waals surface area contributed by atoms with Crippen LogP contribution >= 0.6 is 0 Å². The fourth-order valence-corrected chi connectivity index (χ4v) is 3.08. The molecule has 0 N–H and O–H groups in total. The van der Waals surface area contributed by atoms with Crippen molar-refractivity contribution in [2.24, 2.45) is 0 Å². The molecular formula is C19H24N2O. The number of rotatable bonds is 3. The topological polar surface area (TPSA) is 25.4 Å². The van der Waals surface area contributed by atoms with E-state index in [1.807, 2.05) is 6.07 Å². The lowest BCUT2D eigenvalue weighted by Crippen LogP contribution is -2.30. The summed E-state index contributed by atoms with van der Waals surface area (Å²) in [6.45, 7) is 6.47. The average Bonchev–Trinajstić information content (AvgIpc) is 2.57. The Morgan fingerprint density at radius 2 is 1.77 bits per heavy atom.